The molecule has 0 radical (unpaired) electrons. The maximum Gasteiger partial charge on any atom is 0.345 e. The third kappa shape index (κ3) is 13.0. The number of carbonyl (C=O) groups excluding carboxylic acids is 4. The summed E-state index contributed by atoms with van der Waals surface area (Å²) in [7, 11) is 0. The SMILES string of the molecule is O=C(OCC(COC(=O)/C(Br)=C/Br)(COC(=O)/C(Br)=C/Br)COC(=O)/C(Br)=C/Br)/C(Br)=C/Br. The van der Waals surface area contributed by atoms with Gasteiger partial charge in [0.05, 0.1) is 0 Å². The maximum absolute atomic E-state index is 12.1. The molecule has 33 heavy (non-hydrogen) atoms. The zero-order valence-electron chi connectivity index (χ0n) is 15.9. The molecule has 0 bridgehead atoms. The summed E-state index contributed by atoms with van der Waals surface area (Å²) in [6, 6.07) is 0. The van der Waals surface area contributed by atoms with E-state index >= 15 is 0 Å². The quantitative estimate of drug-likeness (QED) is 0.122. The van der Waals surface area contributed by atoms with E-state index in [9.17, 15) is 19.2 Å². The molecule has 8 nitrogen and oxygen atoms in total. The Morgan fingerprint density at radius 3 is 0.818 bits per heavy atom. The summed E-state index contributed by atoms with van der Waals surface area (Å²) in [6.45, 7) is -1.79. The van der Waals surface area contributed by atoms with Gasteiger partial charge in [-0.3, -0.25) is 0 Å². The van der Waals surface area contributed by atoms with Gasteiger partial charge in [0.15, 0.2) is 0 Å². The topological polar surface area (TPSA) is 105 Å². The average Bonchev–Trinajstić information content (AvgIpc) is 2.84. The highest BCUT2D eigenvalue weighted by Crippen LogP contribution is 2.26. The van der Waals surface area contributed by atoms with E-state index in [0.717, 1.165) is 0 Å². The first-order valence-electron chi connectivity index (χ1n) is 7.99. The van der Waals surface area contributed by atoms with Gasteiger partial charge in [0.25, 0.3) is 0 Å². The largest absolute Gasteiger partial charge is 0.461 e. The number of ether oxygens (including phenoxy) is 4. The normalized spacial score (nSPS) is 13.3. The van der Waals surface area contributed by atoms with Crippen LogP contribution in [-0.4, -0.2) is 50.3 Å². The lowest BCUT2D eigenvalue weighted by molar-refractivity contribution is -0.164. The van der Waals surface area contributed by atoms with Gasteiger partial charge < -0.3 is 18.9 Å². The second-order valence-electron chi connectivity index (χ2n) is 5.63. The van der Waals surface area contributed by atoms with Crippen LogP contribution in [0.2, 0.25) is 0 Å². The molecular formula is C17H12Br8O8. The van der Waals surface area contributed by atoms with Crippen molar-refractivity contribution in [3.05, 3.63) is 37.9 Å². The van der Waals surface area contributed by atoms with E-state index in [2.05, 4.69) is 127 Å². The predicted molar refractivity (Wildman–Crippen MR) is 150 cm³/mol. The number of carbonyl (C=O) groups is 4. The van der Waals surface area contributed by atoms with Crippen molar-refractivity contribution in [3.63, 3.8) is 0 Å². The third-order valence-electron chi connectivity index (χ3n) is 3.20. The first-order valence-corrected chi connectivity index (χ1v) is 14.8. The summed E-state index contributed by atoms with van der Waals surface area (Å²) in [5.74, 6) is -3.09. The van der Waals surface area contributed by atoms with Gasteiger partial charge in [0, 0.05) is 19.9 Å². The molecular weight excluding hydrogens is 971 g/mol. The van der Waals surface area contributed by atoms with Crippen LogP contribution in [-0.2, 0) is 38.1 Å². The van der Waals surface area contributed by atoms with Crippen molar-refractivity contribution in [1.29, 1.82) is 0 Å². The summed E-state index contributed by atoms with van der Waals surface area (Å²) >= 11 is 24.0. The summed E-state index contributed by atoms with van der Waals surface area (Å²) in [6.07, 6.45) is 0. The predicted octanol–water partition coefficient (Wildman–Crippen LogP) is 6.67. The average molecular weight is 984 g/mol. The molecule has 0 rings (SSSR count). The van der Waals surface area contributed by atoms with Crippen molar-refractivity contribution in [2.24, 2.45) is 5.41 Å². The van der Waals surface area contributed by atoms with Gasteiger partial charge >= 0.3 is 23.9 Å². The van der Waals surface area contributed by atoms with Gasteiger partial charge in [-0.2, -0.15) is 0 Å². The van der Waals surface area contributed by atoms with E-state index in [-0.39, 0.29) is 17.9 Å². The maximum atomic E-state index is 12.1. The minimum absolute atomic E-state index is 0.0577. The van der Waals surface area contributed by atoms with Crippen LogP contribution in [0.3, 0.4) is 0 Å². The molecule has 0 amide bonds. The van der Waals surface area contributed by atoms with E-state index in [0.29, 0.717) is 0 Å². The molecule has 0 saturated carbocycles. The highest BCUT2D eigenvalue weighted by Gasteiger charge is 2.38. The van der Waals surface area contributed by atoms with Crippen LogP contribution < -0.4 is 0 Å². The number of hydrogen-bond acceptors (Lipinski definition) is 8. The fourth-order valence-electron chi connectivity index (χ4n) is 1.58. The molecule has 0 aromatic heterocycles. The van der Waals surface area contributed by atoms with Crippen LogP contribution in [0.25, 0.3) is 0 Å². The zero-order chi connectivity index (χ0) is 25.6. The van der Waals surface area contributed by atoms with Gasteiger partial charge in [0.2, 0.25) is 0 Å². The van der Waals surface area contributed by atoms with Gasteiger partial charge in [-0.15, -0.1) is 0 Å². The second-order valence-corrected chi connectivity index (χ2v) is 10.9. The molecule has 0 aliphatic carbocycles. The van der Waals surface area contributed by atoms with Crippen molar-refractivity contribution in [3.8, 4) is 0 Å². The Hall–Kier alpha value is 0.680. The Bertz CT molecular complexity index is 724. The first-order chi connectivity index (χ1) is 15.5. The van der Waals surface area contributed by atoms with E-state index in [1.165, 1.54) is 19.9 Å². The molecule has 0 heterocycles. The van der Waals surface area contributed by atoms with E-state index in [4.69, 9.17) is 18.9 Å². The molecule has 184 valence electrons. The fourth-order valence-corrected chi connectivity index (χ4v) is 2.78. The Kier molecular flexibility index (Phi) is 18.4. The van der Waals surface area contributed by atoms with Crippen molar-refractivity contribution >= 4 is 151 Å². The van der Waals surface area contributed by atoms with Crippen molar-refractivity contribution < 1.29 is 38.1 Å². The molecule has 0 aliphatic rings. The van der Waals surface area contributed by atoms with Crippen LogP contribution in [0.4, 0.5) is 0 Å². The Balaban J connectivity index is 5.98. The molecule has 0 saturated heterocycles. The minimum Gasteiger partial charge on any atom is -0.461 e. The molecule has 0 atom stereocenters. The van der Waals surface area contributed by atoms with Gasteiger partial charge in [0.1, 0.15) is 49.8 Å². The lowest BCUT2D eigenvalue weighted by Gasteiger charge is -2.31. The molecule has 0 spiro atoms. The van der Waals surface area contributed by atoms with E-state index < -0.39 is 55.7 Å². The van der Waals surface area contributed by atoms with E-state index in [1.54, 1.807) is 0 Å². The van der Waals surface area contributed by atoms with Crippen molar-refractivity contribution in [1.82, 2.24) is 0 Å². The van der Waals surface area contributed by atoms with Crippen LogP contribution in [0.5, 0.6) is 0 Å². The molecule has 0 aromatic rings. The van der Waals surface area contributed by atoms with E-state index in [1.807, 2.05) is 0 Å². The Labute approximate surface area is 256 Å². The van der Waals surface area contributed by atoms with Crippen LogP contribution in [0.1, 0.15) is 0 Å². The summed E-state index contributed by atoms with van der Waals surface area (Å²) in [5, 5.41) is 0. The summed E-state index contributed by atoms with van der Waals surface area (Å²) in [4.78, 5) is 53.7. The number of rotatable bonds is 12. The summed E-state index contributed by atoms with van der Waals surface area (Å²) in [5.41, 5.74) is -1.46. The van der Waals surface area contributed by atoms with Crippen LogP contribution in [0.15, 0.2) is 37.9 Å². The summed E-state index contributed by atoms with van der Waals surface area (Å²) < 4.78 is 21.2. The second kappa shape index (κ2) is 18.0. The van der Waals surface area contributed by atoms with Crippen LogP contribution >= 0.6 is 127 Å². The Morgan fingerprint density at radius 2 is 0.667 bits per heavy atom. The number of hydrogen-bond donors (Lipinski definition) is 0. The van der Waals surface area contributed by atoms with Crippen LogP contribution in [0, 0.1) is 5.41 Å². The van der Waals surface area contributed by atoms with Gasteiger partial charge in [-0.1, -0.05) is 63.7 Å². The van der Waals surface area contributed by atoms with Gasteiger partial charge in [-0.25, -0.2) is 19.2 Å². The number of esters is 4. The molecule has 0 unspecified atom stereocenters. The van der Waals surface area contributed by atoms with Gasteiger partial charge in [-0.05, 0) is 63.7 Å². The molecule has 0 aliphatic heterocycles. The lowest BCUT2D eigenvalue weighted by Crippen LogP contribution is -2.44. The highest BCUT2D eigenvalue weighted by molar-refractivity contribution is 9.15. The molecule has 0 fully saturated rings. The third-order valence-corrected chi connectivity index (χ3v) is 9.70. The standard InChI is InChI=1S/C17H12Br8O8/c18-1-9(22)13(26)30-5-17(6-31-14(27)10(23)2-19,7-32-15(28)11(24)3-20)8-33-16(29)12(25)4-21/h1-4H,5-8H2/b9-1-,10-2-,11-3-,12-4-. The molecule has 0 aromatic carbocycles. The molecule has 0 N–H and O–H groups in total. The minimum atomic E-state index is -1.46. The fraction of sp³-hybridized carbons (Fsp3) is 0.294. The monoisotopic (exact) mass is 975 g/mol. The molecule has 16 heteroatoms. The highest BCUT2D eigenvalue weighted by atomic mass is 79.9. The first kappa shape index (κ1) is 33.7. The number of halogens is 8. The Morgan fingerprint density at radius 1 is 0.485 bits per heavy atom. The zero-order valence-corrected chi connectivity index (χ0v) is 28.6. The van der Waals surface area contributed by atoms with Crippen molar-refractivity contribution in [2.75, 3.05) is 26.4 Å². The lowest BCUT2D eigenvalue weighted by atomic mass is 9.92. The smallest absolute Gasteiger partial charge is 0.345 e. The van der Waals surface area contributed by atoms with Crippen molar-refractivity contribution in [2.45, 2.75) is 0 Å².